The number of pyridine rings is 1. The molecule has 0 spiro atoms. The summed E-state index contributed by atoms with van der Waals surface area (Å²) in [6, 6.07) is 4.90. The van der Waals surface area contributed by atoms with E-state index in [0.29, 0.717) is 48.3 Å². The number of nitrogens with zero attached hydrogens (tertiary/aromatic N) is 2. The Hall–Kier alpha value is -2.51. The molecule has 1 aliphatic heterocycles. The van der Waals surface area contributed by atoms with Crippen molar-refractivity contribution in [2.45, 2.75) is 6.54 Å². The van der Waals surface area contributed by atoms with Crippen LogP contribution in [0.1, 0.15) is 10.4 Å². The van der Waals surface area contributed by atoms with Crippen LogP contribution in [0.15, 0.2) is 29.2 Å². The van der Waals surface area contributed by atoms with E-state index in [-0.39, 0.29) is 5.56 Å². The van der Waals surface area contributed by atoms with Crippen LogP contribution in [0.4, 0.5) is 5.69 Å². The number of carboxylic acid groups (broad SMARTS) is 1. The van der Waals surface area contributed by atoms with Gasteiger partial charge in [-0.1, -0.05) is 11.6 Å². The van der Waals surface area contributed by atoms with Crippen LogP contribution in [0.2, 0.25) is 5.02 Å². The molecule has 2 heterocycles. The summed E-state index contributed by atoms with van der Waals surface area (Å²) in [4.78, 5) is 25.3. The van der Waals surface area contributed by atoms with Gasteiger partial charge in [0.2, 0.25) is 0 Å². The number of anilines is 1. The Morgan fingerprint density at radius 2 is 2.19 bits per heavy atom. The molecule has 2 aromatic rings. The quantitative estimate of drug-likeness (QED) is 0.860. The fourth-order valence-corrected chi connectivity index (χ4v) is 3.22. The van der Waals surface area contributed by atoms with Crippen LogP contribution in [-0.4, -0.2) is 49.6 Å². The highest BCUT2D eigenvalue weighted by atomic mass is 35.5. The van der Waals surface area contributed by atoms with Gasteiger partial charge >= 0.3 is 5.97 Å². The van der Waals surface area contributed by atoms with Gasteiger partial charge in [0, 0.05) is 44.6 Å². The minimum Gasteiger partial charge on any atom is -0.491 e. The van der Waals surface area contributed by atoms with Gasteiger partial charge in [-0.15, -0.1) is 0 Å². The molecule has 8 heteroatoms. The molecule has 0 saturated carbocycles. The average Bonchev–Trinajstić information content (AvgIpc) is 2.77. The van der Waals surface area contributed by atoms with Gasteiger partial charge in [0.05, 0.1) is 29.6 Å². The number of ether oxygens (including phenoxy) is 2. The second-order valence-corrected chi connectivity index (χ2v) is 6.40. The molecule has 26 heavy (non-hydrogen) atoms. The molecule has 0 saturated heterocycles. The lowest BCUT2D eigenvalue weighted by molar-refractivity contribution is 0.0694. The zero-order valence-corrected chi connectivity index (χ0v) is 15.2. The van der Waals surface area contributed by atoms with E-state index < -0.39 is 11.4 Å². The Morgan fingerprint density at radius 3 is 2.88 bits per heavy atom. The first-order valence-electron chi connectivity index (χ1n) is 8.07. The number of hydrogen-bond acceptors (Lipinski definition) is 5. The molecule has 0 atom stereocenters. The summed E-state index contributed by atoms with van der Waals surface area (Å²) in [6.07, 6.45) is 1.35. The number of carbonyl (C=O) groups is 1. The lowest BCUT2D eigenvalue weighted by Crippen LogP contribution is -2.22. The number of hydrogen-bond donors (Lipinski definition) is 1. The SMILES string of the molecule is COCCN(C)c1cc2c(cc1Cl)-c1cc(=O)c(C(=O)O)cn1CCO2. The first kappa shape index (κ1) is 18.3. The highest BCUT2D eigenvalue weighted by molar-refractivity contribution is 6.33. The van der Waals surface area contributed by atoms with Gasteiger partial charge in [-0.05, 0) is 6.07 Å². The summed E-state index contributed by atoms with van der Waals surface area (Å²) in [7, 11) is 3.54. The number of carboxylic acids is 1. The Balaban J connectivity index is 2.11. The molecule has 138 valence electrons. The minimum atomic E-state index is -1.25. The van der Waals surface area contributed by atoms with Crippen LogP contribution >= 0.6 is 11.6 Å². The number of halogens is 1. The molecule has 0 amide bonds. The van der Waals surface area contributed by atoms with Gasteiger partial charge < -0.3 is 24.0 Å². The number of fused-ring (bicyclic) bond motifs is 3. The van der Waals surface area contributed by atoms with Crippen molar-refractivity contribution in [2.24, 2.45) is 0 Å². The molecule has 1 aromatic carbocycles. The molecule has 0 radical (unpaired) electrons. The molecule has 0 aliphatic carbocycles. The van der Waals surface area contributed by atoms with Crippen LogP contribution in [0.3, 0.4) is 0 Å². The Kier molecular flexibility index (Phi) is 5.20. The molecular formula is C18H19ClN2O5. The van der Waals surface area contributed by atoms with Gasteiger partial charge in [-0.3, -0.25) is 4.79 Å². The molecule has 0 bridgehead atoms. The predicted octanol–water partition coefficient (Wildman–Crippen LogP) is 2.34. The van der Waals surface area contributed by atoms with Crippen LogP contribution in [0, 0.1) is 0 Å². The lowest BCUT2D eigenvalue weighted by atomic mass is 10.1. The van der Waals surface area contributed by atoms with E-state index in [4.69, 9.17) is 26.2 Å². The molecule has 3 rings (SSSR count). The summed E-state index contributed by atoms with van der Waals surface area (Å²) in [5.41, 5.74) is 1.22. The number of rotatable bonds is 5. The molecular weight excluding hydrogens is 360 g/mol. The van der Waals surface area contributed by atoms with Crippen LogP contribution in [0.5, 0.6) is 5.75 Å². The van der Waals surface area contributed by atoms with Crippen molar-refractivity contribution in [3.63, 3.8) is 0 Å². The van der Waals surface area contributed by atoms with Gasteiger partial charge in [0.15, 0.2) is 5.43 Å². The fourth-order valence-electron chi connectivity index (χ4n) is 2.91. The van der Waals surface area contributed by atoms with E-state index in [9.17, 15) is 9.59 Å². The smallest absolute Gasteiger partial charge is 0.341 e. The van der Waals surface area contributed by atoms with Crippen molar-refractivity contribution in [1.29, 1.82) is 0 Å². The predicted molar refractivity (Wildman–Crippen MR) is 98.7 cm³/mol. The summed E-state index contributed by atoms with van der Waals surface area (Å²) >= 11 is 6.46. The lowest BCUT2D eigenvalue weighted by Gasteiger charge is -2.22. The topological polar surface area (TPSA) is 81.0 Å². The third-order valence-corrected chi connectivity index (χ3v) is 4.62. The first-order valence-corrected chi connectivity index (χ1v) is 8.44. The van der Waals surface area contributed by atoms with Crippen LogP contribution in [-0.2, 0) is 11.3 Å². The Morgan fingerprint density at radius 1 is 1.42 bits per heavy atom. The van der Waals surface area contributed by atoms with Crippen molar-refractivity contribution >= 4 is 23.3 Å². The van der Waals surface area contributed by atoms with E-state index >= 15 is 0 Å². The maximum atomic E-state index is 12.1. The van der Waals surface area contributed by atoms with Crippen molar-refractivity contribution < 1.29 is 19.4 Å². The third-order valence-electron chi connectivity index (χ3n) is 4.31. The normalized spacial score (nSPS) is 12.6. The maximum Gasteiger partial charge on any atom is 0.341 e. The van der Waals surface area contributed by atoms with Crippen molar-refractivity contribution in [3.8, 4) is 17.0 Å². The zero-order valence-electron chi connectivity index (χ0n) is 14.5. The monoisotopic (exact) mass is 378 g/mol. The Bertz CT molecular complexity index is 909. The summed E-state index contributed by atoms with van der Waals surface area (Å²) in [6.45, 7) is 2.00. The van der Waals surface area contributed by atoms with E-state index in [1.807, 2.05) is 18.0 Å². The second kappa shape index (κ2) is 7.39. The van der Waals surface area contributed by atoms with Gasteiger partial charge in [0.25, 0.3) is 0 Å². The molecule has 0 unspecified atom stereocenters. The minimum absolute atomic E-state index is 0.265. The highest BCUT2D eigenvalue weighted by Crippen LogP contribution is 2.39. The number of aromatic nitrogens is 1. The number of likely N-dealkylation sites (N-methyl/N-ethyl adjacent to an activating group) is 1. The van der Waals surface area contributed by atoms with E-state index in [0.717, 1.165) is 5.69 Å². The highest BCUT2D eigenvalue weighted by Gasteiger charge is 2.21. The first-order chi connectivity index (χ1) is 12.4. The van der Waals surface area contributed by atoms with Gasteiger partial charge in [-0.25, -0.2) is 4.79 Å². The second-order valence-electron chi connectivity index (χ2n) is 6.00. The maximum absolute atomic E-state index is 12.1. The standard InChI is InChI=1S/C18H19ClN2O5/c1-20(3-5-25-2)15-9-17-11(7-13(15)19)14-8-16(22)12(18(23)24)10-21(14)4-6-26-17/h7-10H,3-6H2,1-2H3,(H,23,24). The number of aromatic carboxylic acids is 1. The molecule has 7 nitrogen and oxygen atoms in total. The average molecular weight is 379 g/mol. The summed E-state index contributed by atoms with van der Waals surface area (Å²) < 4.78 is 12.6. The molecule has 0 fully saturated rings. The van der Waals surface area contributed by atoms with Gasteiger partial charge in [-0.2, -0.15) is 0 Å². The number of benzene rings is 1. The van der Waals surface area contributed by atoms with Gasteiger partial charge in [0.1, 0.15) is 17.9 Å². The van der Waals surface area contributed by atoms with E-state index in [1.54, 1.807) is 17.7 Å². The van der Waals surface area contributed by atoms with Crippen LogP contribution in [0.25, 0.3) is 11.3 Å². The van der Waals surface area contributed by atoms with Crippen molar-refractivity contribution in [1.82, 2.24) is 4.57 Å². The summed E-state index contributed by atoms with van der Waals surface area (Å²) in [5.74, 6) is -0.647. The fraction of sp³-hybridized carbons (Fsp3) is 0.333. The molecule has 1 N–H and O–H groups in total. The van der Waals surface area contributed by atoms with E-state index in [1.165, 1.54) is 12.3 Å². The largest absolute Gasteiger partial charge is 0.491 e. The summed E-state index contributed by atoms with van der Waals surface area (Å²) in [5, 5.41) is 9.67. The van der Waals surface area contributed by atoms with Crippen LogP contribution < -0.4 is 15.1 Å². The Labute approximate surface area is 155 Å². The molecule has 1 aromatic heterocycles. The number of methoxy groups -OCH3 is 1. The molecule has 1 aliphatic rings. The third kappa shape index (κ3) is 3.40. The van der Waals surface area contributed by atoms with Crippen molar-refractivity contribution in [2.75, 3.05) is 38.8 Å². The van der Waals surface area contributed by atoms with Crippen molar-refractivity contribution in [3.05, 3.63) is 45.2 Å². The van der Waals surface area contributed by atoms with E-state index in [2.05, 4.69) is 0 Å². The zero-order chi connectivity index (χ0) is 18.8.